The van der Waals surface area contributed by atoms with E-state index >= 15 is 0 Å². The van der Waals surface area contributed by atoms with Crippen molar-refractivity contribution in [3.63, 3.8) is 0 Å². The minimum absolute atomic E-state index is 0.0880. The van der Waals surface area contributed by atoms with E-state index in [1.807, 2.05) is 0 Å². The summed E-state index contributed by atoms with van der Waals surface area (Å²) in [6.45, 7) is 3.43. The van der Waals surface area contributed by atoms with Crippen molar-refractivity contribution in [2.75, 3.05) is 0 Å². The molecule has 0 unspecified atom stereocenters. The fourth-order valence-corrected chi connectivity index (χ4v) is 1.97. The molecule has 0 saturated carbocycles. The second kappa shape index (κ2) is 7.01. The SMILES string of the molecule is C=CC[Si](Cl)(Cl)Cl.Oc1cccc(O)c1. The topological polar surface area (TPSA) is 40.5 Å². The van der Waals surface area contributed by atoms with E-state index in [-0.39, 0.29) is 11.5 Å². The van der Waals surface area contributed by atoms with Gasteiger partial charge < -0.3 is 10.2 Å². The predicted molar refractivity (Wildman–Crippen MR) is 68.1 cm³/mol. The molecule has 6 heteroatoms. The van der Waals surface area contributed by atoms with Crippen molar-refractivity contribution in [3.8, 4) is 11.5 Å². The molecule has 15 heavy (non-hydrogen) atoms. The first-order valence-corrected chi connectivity index (χ1v) is 9.25. The minimum atomic E-state index is -2.36. The van der Waals surface area contributed by atoms with E-state index in [9.17, 15) is 0 Å². The Labute approximate surface area is 104 Å². The molecule has 2 nitrogen and oxygen atoms in total. The zero-order valence-electron chi connectivity index (χ0n) is 7.83. The molecule has 2 N–H and O–H groups in total. The maximum absolute atomic E-state index is 8.65. The van der Waals surface area contributed by atoms with Crippen LogP contribution in [0.15, 0.2) is 36.9 Å². The molecule has 0 atom stereocenters. The summed E-state index contributed by atoms with van der Waals surface area (Å²) < 4.78 is 0. The molecule has 0 fully saturated rings. The maximum atomic E-state index is 8.65. The average molecular weight is 286 g/mol. The zero-order chi connectivity index (χ0) is 11.9. The number of halogens is 3. The molecule has 0 aliphatic rings. The second-order valence-corrected chi connectivity index (χ2v) is 11.8. The van der Waals surface area contributed by atoms with Gasteiger partial charge in [0, 0.05) is 12.1 Å². The number of allylic oxidation sites excluding steroid dienone is 1. The van der Waals surface area contributed by atoms with Crippen LogP contribution in [0.3, 0.4) is 0 Å². The Hall–Kier alpha value is -0.353. The molecule has 0 bridgehead atoms. The Balaban J connectivity index is 0.000000265. The average Bonchev–Trinajstić information content (AvgIpc) is 2.01. The zero-order valence-corrected chi connectivity index (χ0v) is 11.1. The van der Waals surface area contributed by atoms with Crippen LogP contribution in [0.25, 0.3) is 0 Å². The van der Waals surface area contributed by atoms with Crippen LogP contribution in [-0.4, -0.2) is 16.2 Å². The normalized spacial score (nSPS) is 10.1. The molecule has 0 radical (unpaired) electrons. The third-order valence-electron chi connectivity index (χ3n) is 1.21. The lowest BCUT2D eigenvalue weighted by atomic mass is 10.3. The van der Waals surface area contributed by atoms with E-state index in [4.69, 9.17) is 43.5 Å². The van der Waals surface area contributed by atoms with E-state index in [0.717, 1.165) is 0 Å². The van der Waals surface area contributed by atoms with Gasteiger partial charge in [-0.05, 0) is 12.1 Å². The number of rotatable bonds is 2. The van der Waals surface area contributed by atoms with Crippen molar-refractivity contribution < 1.29 is 10.2 Å². The van der Waals surface area contributed by atoms with Crippen LogP contribution >= 0.6 is 33.2 Å². The van der Waals surface area contributed by atoms with E-state index in [2.05, 4.69) is 6.58 Å². The summed E-state index contributed by atoms with van der Waals surface area (Å²) in [6, 6.07) is 4.03. The Morgan fingerprint density at radius 3 is 1.80 bits per heavy atom. The van der Waals surface area contributed by atoms with Gasteiger partial charge in [-0.3, -0.25) is 0 Å². The number of phenols is 2. The van der Waals surface area contributed by atoms with E-state index in [1.165, 1.54) is 18.2 Å². The summed E-state index contributed by atoms with van der Waals surface area (Å²) in [5, 5.41) is 17.3. The van der Waals surface area contributed by atoms with Crippen LogP contribution in [0.2, 0.25) is 6.04 Å². The van der Waals surface area contributed by atoms with E-state index in [0.29, 0.717) is 6.04 Å². The number of hydrogen-bond acceptors (Lipinski definition) is 2. The van der Waals surface area contributed by atoms with Gasteiger partial charge in [0.2, 0.25) is 0 Å². The number of hydrogen-bond donors (Lipinski definition) is 2. The first kappa shape index (κ1) is 14.6. The third kappa shape index (κ3) is 9.94. The van der Waals surface area contributed by atoms with Crippen molar-refractivity contribution >= 4 is 39.2 Å². The fraction of sp³-hybridized carbons (Fsp3) is 0.111. The highest BCUT2D eigenvalue weighted by Gasteiger charge is 2.21. The molecule has 1 aromatic rings. The Bertz CT molecular complexity index is 295. The van der Waals surface area contributed by atoms with Crippen LogP contribution in [-0.2, 0) is 0 Å². The van der Waals surface area contributed by atoms with Gasteiger partial charge in [-0.15, -0.1) is 39.8 Å². The van der Waals surface area contributed by atoms with Gasteiger partial charge >= 0.3 is 6.00 Å². The van der Waals surface area contributed by atoms with Gasteiger partial charge in [-0.25, -0.2) is 0 Å². The molecule has 0 heterocycles. The van der Waals surface area contributed by atoms with Crippen molar-refractivity contribution in [3.05, 3.63) is 36.9 Å². The number of benzene rings is 1. The summed E-state index contributed by atoms with van der Waals surface area (Å²) in [5.74, 6) is 0.176. The standard InChI is InChI=1S/C6H6O2.C3H5Cl3Si/c7-5-2-1-3-6(8)4-5;1-2-3-7(4,5)6/h1-4,7-8H;2H,1,3H2. The molecular formula is C9H11Cl3O2Si. The summed E-state index contributed by atoms with van der Waals surface area (Å²) in [6.07, 6.45) is 1.62. The first-order chi connectivity index (χ1) is 6.85. The van der Waals surface area contributed by atoms with Crippen LogP contribution in [0.4, 0.5) is 0 Å². The molecule has 0 aromatic heterocycles. The fourth-order valence-electron chi connectivity index (χ4n) is 0.657. The third-order valence-corrected chi connectivity index (χ3v) is 3.35. The Kier molecular flexibility index (Phi) is 6.84. The highest BCUT2D eigenvalue weighted by atomic mass is 35.8. The van der Waals surface area contributed by atoms with Crippen LogP contribution in [0.1, 0.15) is 0 Å². The molecule has 1 aromatic carbocycles. The lowest BCUT2D eigenvalue weighted by molar-refractivity contribution is 0.450. The van der Waals surface area contributed by atoms with E-state index in [1.54, 1.807) is 12.1 Å². The second-order valence-electron chi connectivity index (χ2n) is 2.63. The summed E-state index contributed by atoms with van der Waals surface area (Å²) in [4.78, 5) is 0. The lowest BCUT2D eigenvalue weighted by Crippen LogP contribution is -2.05. The van der Waals surface area contributed by atoms with Crippen molar-refractivity contribution in [1.82, 2.24) is 0 Å². The predicted octanol–water partition coefficient (Wildman–Crippen LogP) is 3.93. The van der Waals surface area contributed by atoms with Crippen molar-refractivity contribution in [1.29, 1.82) is 0 Å². The Morgan fingerprint density at radius 2 is 1.67 bits per heavy atom. The number of phenolic OH excluding ortho intramolecular Hbond substituents is 2. The number of aromatic hydroxyl groups is 2. The molecule has 0 spiro atoms. The summed E-state index contributed by atoms with van der Waals surface area (Å²) in [5.41, 5.74) is 0. The molecule has 84 valence electrons. The molecule has 0 aliphatic carbocycles. The van der Waals surface area contributed by atoms with Gasteiger partial charge in [0.1, 0.15) is 11.5 Å². The highest BCUT2D eigenvalue weighted by molar-refractivity contribution is 7.64. The van der Waals surface area contributed by atoms with Gasteiger partial charge in [0.15, 0.2) is 0 Å². The van der Waals surface area contributed by atoms with Gasteiger partial charge in [0.05, 0.1) is 0 Å². The Morgan fingerprint density at radius 1 is 1.20 bits per heavy atom. The minimum Gasteiger partial charge on any atom is -0.508 e. The van der Waals surface area contributed by atoms with Crippen LogP contribution in [0, 0.1) is 0 Å². The van der Waals surface area contributed by atoms with Gasteiger partial charge in [-0.2, -0.15) is 0 Å². The van der Waals surface area contributed by atoms with E-state index < -0.39 is 6.00 Å². The van der Waals surface area contributed by atoms with Gasteiger partial charge in [0.25, 0.3) is 0 Å². The smallest absolute Gasteiger partial charge is 0.344 e. The first-order valence-electron chi connectivity index (χ1n) is 4.01. The molecular weight excluding hydrogens is 275 g/mol. The largest absolute Gasteiger partial charge is 0.508 e. The van der Waals surface area contributed by atoms with Crippen molar-refractivity contribution in [2.45, 2.75) is 6.04 Å². The quantitative estimate of drug-likeness (QED) is 0.491. The molecule has 1 rings (SSSR count). The highest BCUT2D eigenvalue weighted by Crippen LogP contribution is 2.24. The monoisotopic (exact) mass is 284 g/mol. The molecule has 0 saturated heterocycles. The maximum Gasteiger partial charge on any atom is 0.344 e. The van der Waals surface area contributed by atoms with Crippen LogP contribution < -0.4 is 0 Å². The van der Waals surface area contributed by atoms with Crippen LogP contribution in [0.5, 0.6) is 11.5 Å². The summed E-state index contributed by atoms with van der Waals surface area (Å²) in [7, 11) is 0. The lowest BCUT2D eigenvalue weighted by Gasteiger charge is -1.99. The molecule has 0 amide bonds. The molecule has 0 aliphatic heterocycles. The van der Waals surface area contributed by atoms with Crippen molar-refractivity contribution in [2.24, 2.45) is 0 Å². The van der Waals surface area contributed by atoms with Gasteiger partial charge in [-0.1, -0.05) is 12.1 Å². The summed E-state index contributed by atoms with van der Waals surface area (Å²) >= 11 is 16.3.